The first-order valence-corrected chi connectivity index (χ1v) is 8.27. The Hall–Kier alpha value is -2.38. The molecule has 2 aromatic rings. The van der Waals surface area contributed by atoms with E-state index in [0.29, 0.717) is 24.8 Å². The van der Waals surface area contributed by atoms with Crippen molar-refractivity contribution >= 4 is 5.91 Å². The molecule has 1 aromatic heterocycles. The van der Waals surface area contributed by atoms with Crippen LogP contribution < -0.4 is 0 Å². The zero-order chi connectivity index (χ0) is 17.8. The van der Waals surface area contributed by atoms with Crippen LogP contribution in [0.2, 0.25) is 0 Å². The van der Waals surface area contributed by atoms with Gasteiger partial charge in [-0.3, -0.25) is 4.79 Å². The van der Waals surface area contributed by atoms with Crippen LogP contribution in [0.3, 0.4) is 0 Å². The summed E-state index contributed by atoms with van der Waals surface area (Å²) in [5.74, 6) is 1.52. The summed E-state index contributed by atoms with van der Waals surface area (Å²) in [5.41, 5.74) is -0.778. The predicted octanol–water partition coefficient (Wildman–Crippen LogP) is 3.39. The summed E-state index contributed by atoms with van der Waals surface area (Å²) >= 11 is 0. The van der Waals surface area contributed by atoms with Gasteiger partial charge in [-0.05, 0) is 38.0 Å². The fourth-order valence-electron chi connectivity index (χ4n) is 3.17. The van der Waals surface area contributed by atoms with Gasteiger partial charge in [0.15, 0.2) is 5.82 Å². The monoisotopic (exact) mass is 350 g/mol. The molecular weight excluding hydrogens is 333 g/mol. The number of hydrogen-bond donors (Lipinski definition) is 0. The van der Waals surface area contributed by atoms with Crippen LogP contribution in [0.1, 0.15) is 59.3 Å². The van der Waals surface area contributed by atoms with Gasteiger partial charge in [0.25, 0.3) is 5.91 Å². The molecule has 0 saturated heterocycles. The number of halogens is 3. The molecule has 0 bridgehead atoms. The molecule has 4 rings (SSSR count). The van der Waals surface area contributed by atoms with E-state index < -0.39 is 17.6 Å². The third-order valence-corrected chi connectivity index (χ3v) is 4.75. The summed E-state index contributed by atoms with van der Waals surface area (Å²) in [7, 11) is 0. The topological polar surface area (TPSA) is 51.0 Å². The van der Waals surface area contributed by atoms with E-state index in [4.69, 9.17) is 0 Å². The average molecular weight is 350 g/mol. The number of aromatic nitrogens is 3. The third-order valence-electron chi connectivity index (χ3n) is 4.75. The summed E-state index contributed by atoms with van der Waals surface area (Å²) in [6.45, 7) is 2.74. The molecule has 8 heteroatoms. The number of nitrogens with zero attached hydrogens (tertiary/aromatic N) is 4. The molecule has 1 aliphatic heterocycles. The van der Waals surface area contributed by atoms with Gasteiger partial charge in [-0.1, -0.05) is 6.07 Å². The molecule has 1 amide bonds. The lowest BCUT2D eigenvalue weighted by atomic mass is 10.1. The first kappa shape index (κ1) is 16.1. The van der Waals surface area contributed by atoms with E-state index in [0.717, 1.165) is 30.8 Å². The van der Waals surface area contributed by atoms with Crippen LogP contribution in [0, 0.1) is 0 Å². The Morgan fingerprint density at radius 1 is 1.24 bits per heavy atom. The van der Waals surface area contributed by atoms with Crippen LogP contribution in [0.25, 0.3) is 0 Å². The number of benzene rings is 1. The third kappa shape index (κ3) is 2.89. The van der Waals surface area contributed by atoms with Gasteiger partial charge >= 0.3 is 6.18 Å². The van der Waals surface area contributed by atoms with Crippen molar-refractivity contribution in [3.8, 4) is 0 Å². The van der Waals surface area contributed by atoms with Crippen LogP contribution in [0.4, 0.5) is 13.2 Å². The number of alkyl halides is 3. The number of rotatable bonds is 2. The van der Waals surface area contributed by atoms with E-state index in [-0.39, 0.29) is 11.6 Å². The first-order chi connectivity index (χ1) is 11.8. The van der Waals surface area contributed by atoms with Crippen LogP contribution in [0.5, 0.6) is 0 Å². The van der Waals surface area contributed by atoms with Crippen molar-refractivity contribution in [1.29, 1.82) is 0 Å². The molecule has 132 valence electrons. The Bertz CT molecular complexity index is 826. The van der Waals surface area contributed by atoms with Crippen molar-refractivity contribution in [3.05, 3.63) is 47.0 Å². The minimum Gasteiger partial charge on any atom is -0.327 e. The second kappa shape index (κ2) is 5.57. The maximum absolute atomic E-state index is 12.9. The molecular formula is C17H17F3N4O. The van der Waals surface area contributed by atoms with Gasteiger partial charge in [-0.2, -0.15) is 18.3 Å². The van der Waals surface area contributed by atoms with Crippen molar-refractivity contribution < 1.29 is 18.0 Å². The highest BCUT2D eigenvalue weighted by atomic mass is 19.4. The van der Waals surface area contributed by atoms with Crippen LogP contribution in [-0.2, 0) is 12.7 Å². The molecule has 0 radical (unpaired) electrons. The smallest absolute Gasteiger partial charge is 0.327 e. The van der Waals surface area contributed by atoms with Gasteiger partial charge in [0.1, 0.15) is 5.82 Å². The summed E-state index contributed by atoms with van der Waals surface area (Å²) in [5, 5.41) is 4.49. The number of amides is 1. The lowest BCUT2D eigenvalue weighted by molar-refractivity contribution is -0.137. The second-order valence-electron chi connectivity index (χ2n) is 6.58. The maximum atomic E-state index is 12.9. The fraction of sp³-hybridized carbons (Fsp3) is 0.471. The summed E-state index contributed by atoms with van der Waals surface area (Å²) in [4.78, 5) is 18.9. The molecule has 2 heterocycles. The fourth-order valence-corrected chi connectivity index (χ4v) is 3.17. The van der Waals surface area contributed by atoms with Crippen molar-refractivity contribution in [2.45, 2.75) is 44.4 Å². The van der Waals surface area contributed by atoms with E-state index in [9.17, 15) is 18.0 Å². The SMILES string of the molecule is C[C@@H]1c2nc(C3CC3)nn2CCN1C(=O)c1cccc(C(F)(F)F)c1. The van der Waals surface area contributed by atoms with Crippen LogP contribution in [0.15, 0.2) is 24.3 Å². The van der Waals surface area contributed by atoms with E-state index in [1.165, 1.54) is 12.1 Å². The van der Waals surface area contributed by atoms with Gasteiger partial charge in [0.2, 0.25) is 0 Å². The highest BCUT2D eigenvalue weighted by Crippen LogP contribution is 2.39. The van der Waals surface area contributed by atoms with E-state index >= 15 is 0 Å². The zero-order valence-corrected chi connectivity index (χ0v) is 13.6. The zero-order valence-electron chi connectivity index (χ0n) is 13.6. The minimum absolute atomic E-state index is 0.0389. The molecule has 2 aliphatic rings. The molecule has 1 aromatic carbocycles. The Labute approximate surface area is 142 Å². The van der Waals surface area contributed by atoms with Gasteiger partial charge in [0.05, 0.1) is 18.2 Å². The van der Waals surface area contributed by atoms with Crippen molar-refractivity contribution in [2.24, 2.45) is 0 Å². The van der Waals surface area contributed by atoms with Gasteiger partial charge in [-0.15, -0.1) is 0 Å². The first-order valence-electron chi connectivity index (χ1n) is 8.27. The lowest BCUT2D eigenvalue weighted by Gasteiger charge is -2.33. The quantitative estimate of drug-likeness (QED) is 0.834. The maximum Gasteiger partial charge on any atom is 0.416 e. The van der Waals surface area contributed by atoms with Crippen molar-refractivity contribution in [2.75, 3.05) is 6.54 Å². The van der Waals surface area contributed by atoms with E-state index in [2.05, 4.69) is 10.1 Å². The second-order valence-corrected chi connectivity index (χ2v) is 6.58. The standard InChI is InChI=1S/C17H17F3N4O/c1-10-15-21-14(11-5-6-11)22-24(15)8-7-23(10)16(25)12-3-2-4-13(9-12)17(18,19)20/h2-4,9-11H,5-8H2,1H3/t10-/m1/s1. The van der Waals surface area contributed by atoms with Gasteiger partial charge < -0.3 is 4.90 Å². The molecule has 1 saturated carbocycles. The predicted molar refractivity (Wildman–Crippen MR) is 82.9 cm³/mol. The average Bonchev–Trinajstić information content (AvgIpc) is 3.33. The molecule has 5 nitrogen and oxygen atoms in total. The van der Waals surface area contributed by atoms with Gasteiger partial charge in [-0.25, -0.2) is 9.67 Å². The van der Waals surface area contributed by atoms with Crippen molar-refractivity contribution in [3.63, 3.8) is 0 Å². The van der Waals surface area contributed by atoms with Crippen LogP contribution >= 0.6 is 0 Å². The molecule has 1 fully saturated rings. The van der Waals surface area contributed by atoms with E-state index in [1.54, 1.807) is 4.90 Å². The molecule has 0 N–H and O–H groups in total. The summed E-state index contributed by atoms with van der Waals surface area (Å²) < 4.78 is 40.5. The number of carbonyl (C=O) groups excluding carboxylic acids is 1. The van der Waals surface area contributed by atoms with Crippen LogP contribution in [-0.4, -0.2) is 32.1 Å². The minimum atomic E-state index is -4.47. The normalized spacial score (nSPS) is 20.5. The molecule has 0 spiro atoms. The van der Waals surface area contributed by atoms with E-state index in [1.807, 2.05) is 11.6 Å². The number of fused-ring (bicyclic) bond motifs is 1. The Morgan fingerprint density at radius 3 is 2.68 bits per heavy atom. The highest BCUT2D eigenvalue weighted by molar-refractivity contribution is 5.94. The van der Waals surface area contributed by atoms with Crippen molar-refractivity contribution in [1.82, 2.24) is 19.7 Å². The molecule has 25 heavy (non-hydrogen) atoms. The van der Waals surface area contributed by atoms with Gasteiger partial charge in [0, 0.05) is 18.0 Å². The number of hydrogen-bond acceptors (Lipinski definition) is 3. The number of carbonyl (C=O) groups is 1. The molecule has 0 unspecified atom stereocenters. The summed E-state index contributed by atoms with van der Waals surface area (Å²) in [6.07, 6.45) is -2.29. The molecule has 1 atom stereocenters. The summed E-state index contributed by atoms with van der Waals surface area (Å²) in [6, 6.07) is 4.23. The Morgan fingerprint density at radius 2 is 2.00 bits per heavy atom. The Kier molecular flexibility index (Phi) is 3.59. The lowest BCUT2D eigenvalue weighted by Crippen LogP contribution is -2.41. The highest BCUT2D eigenvalue weighted by Gasteiger charge is 2.36. The Balaban J connectivity index is 1.60. The largest absolute Gasteiger partial charge is 0.416 e. The molecule has 1 aliphatic carbocycles.